The van der Waals surface area contributed by atoms with Crippen molar-refractivity contribution in [2.75, 3.05) is 5.32 Å². The summed E-state index contributed by atoms with van der Waals surface area (Å²) in [6.07, 6.45) is -0.627. The quantitative estimate of drug-likeness (QED) is 0.368. The summed E-state index contributed by atoms with van der Waals surface area (Å²) in [6.45, 7) is 0. The van der Waals surface area contributed by atoms with Gasteiger partial charge in [0, 0.05) is 5.69 Å². The highest BCUT2D eigenvalue weighted by atomic mass is 16.6. The van der Waals surface area contributed by atoms with Crippen LogP contribution in [-0.2, 0) is 19.7 Å². The van der Waals surface area contributed by atoms with Crippen molar-refractivity contribution < 1.29 is 14.3 Å². The number of rotatable bonds is 3. The van der Waals surface area contributed by atoms with E-state index in [-0.39, 0.29) is 5.91 Å². The van der Waals surface area contributed by atoms with E-state index in [1.54, 1.807) is 0 Å². The monoisotopic (exact) mass is 511 g/mol. The highest BCUT2D eigenvalue weighted by Gasteiger charge is 2.72. The van der Waals surface area contributed by atoms with Gasteiger partial charge in [0.25, 0.3) is 0 Å². The SMILES string of the molecule is N#C[C@H]1C2C(=O)O[C@@H](c3ccccc3)[C@@H](c3ccccc3)N2[C@@H](c2ccccc2)[C@]12C(=O)Nc1ccccc12. The molecule has 3 aliphatic rings. The average molecular weight is 512 g/mol. The van der Waals surface area contributed by atoms with Crippen LogP contribution >= 0.6 is 0 Å². The Hall–Kier alpha value is -4.73. The van der Waals surface area contributed by atoms with Crippen LogP contribution in [0.15, 0.2) is 115 Å². The van der Waals surface area contributed by atoms with E-state index in [0.717, 1.165) is 22.3 Å². The van der Waals surface area contributed by atoms with E-state index in [9.17, 15) is 14.9 Å². The summed E-state index contributed by atoms with van der Waals surface area (Å²) in [6, 6.07) is 37.3. The molecule has 1 unspecified atom stereocenters. The first-order valence-electron chi connectivity index (χ1n) is 13.1. The number of para-hydroxylation sites is 1. The van der Waals surface area contributed by atoms with Gasteiger partial charge in [-0.15, -0.1) is 0 Å². The zero-order valence-corrected chi connectivity index (χ0v) is 21.0. The molecule has 6 heteroatoms. The first-order valence-corrected chi connectivity index (χ1v) is 13.1. The Morgan fingerprint density at radius 1 is 0.718 bits per heavy atom. The second-order valence-electron chi connectivity index (χ2n) is 10.3. The Morgan fingerprint density at radius 2 is 1.28 bits per heavy atom. The van der Waals surface area contributed by atoms with E-state index in [4.69, 9.17) is 4.74 Å². The molecule has 2 saturated heterocycles. The molecule has 6 nitrogen and oxygen atoms in total. The van der Waals surface area contributed by atoms with Crippen LogP contribution in [0.2, 0.25) is 0 Å². The van der Waals surface area contributed by atoms with Crippen molar-refractivity contribution in [2.24, 2.45) is 5.92 Å². The summed E-state index contributed by atoms with van der Waals surface area (Å²) in [5.41, 5.74) is 2.78. The summed E-state index contributed by atoms with van der Waals surface area (Å²) in [5, 5.41) is 13.8. The minimum Gasteiger partial charge on any atom is -0.454 e. The van der Waals surface area contributed by atoms with Crippen molar-refractivity contribution >= 4 is 17.6 Å². The van der Waals surface area contributed by atoms with Crippen molar-refractivity contribution in [1.29, 1.82) is 5.26 Å². The van der Waals surface area contributed by atoms with Gasteiger partial charge in [-0.1, -0.05) is 109 Å². The Morgan fingerprint density at radius 3 is 1.92 bits per heavy atom. The van der Waals surface area contributed by atoms with Crippen LogP contribution in [-0.4, -0.2) is 22.8 Å². The fraction of sp³-hybridized carbons (Fsp3) is 0.182. The van der Waals surface area contributed by atoms with Gasteiger partial charge in [0.1, 0.15) is 17.6 Å². The molecule has 1 amide bonds. The number of ether oxygens (including phenoxy) is 1. The third-order valence-corrected chi connectivity index (χ3v) is 8.47. The number of fused-ring (bicyclic) bond motifs is 3. The minimum atomic E-state index is -1.31. The zero-order chi connectivity index (χ0) is 26.6. The van der Waals surface area contributed by atoms with Crippen molar-refractivity contribution in [3.63, 3.8) is 0 Å². The predicted molar refractivity (Wildman–Crippen MR) is 145 cm³/mol. The molecule has 4 aromatic carbocycles. The number of amides is 1. The van der Waals surface area contributed by atoms with E-state index in [0.29, 0.717) is 5.69 Å². The first kappa shape index (κ1) is 23.4. The third-order valence-electron chi connectivity index (χ3n) is 8.47. The molecule has 2 fully saturated rings. The van der Waals surface area contributed by atoms with Crippen molar-refractivity contribution in [1.82, 2.24) is 4.90 Å². The highest BCUT2D eigenvalue weighted by Crippen LogP contribution is 2.64. The number of benzene rings is 4. The van der Waals surface area contributed by atoms with Crippen LogP contribution in [0.25, 0.3) is 0 Å². The highest BCUT2D eigenvalue weighted by molar-refractivity contribution is 6.08. The molecule has 6 atom stereocenters. The molecule has 3 aliphatic heterocycles. The van der Waals surface area contributed by atoms with Gasteiger partial charge in [-0.25, -0.2) is 0 Å². The second-order valence-corrected chi connectivity index (χ2v) is 10.3. The fourth-order valence-electron chi connectivity index (χ4n) is 7.01. The van der Waals surface area contributed by atoms with Gasteiger partial charge in [-0.2, -0.15) is 5.26 Å². The van der Waals surface area contributed by atoms with Crippen molar-refractivity contribution in [3.8, 4) is 6.07 Å². The lowest BCUT2D eigenvalue weighted by Gasteiger charge is -2.46. The van der Waals surface area contributed by atoms with Crippen LogP contribution < -0.4 is 5.32 Å². The van der Waals surface area contributed by atoms with Crippen molar-refractivity contribution in [2.45, 2.75) is 29.6 Å². The number of hydrogen-bond acceptors (Lipinski definition) is 5. The standard InChI is InChI=1S/C33H25N3O3/c34-20-25-28-31(37)39-29(22-14-6-2-7-15-22)27(21-12-4-1-5-13-21)36(28)30(23-16-8-3-9-17-23)33(25)24-18-10-11-19-26(24)35-32(33)38/h1-19,25,27-30H,(H,35,38)/t25-,27+,28?,29-,30-,33+/m0/s1. The Bertz CT molecular complexity index is 1600. The van der Waals surface area contributed by atoms with Gasteiger partial charge in [0.05, 0.1) is 24.1 Å². The lowest BCUT2D eigenvalue weighted by atomic mass is 9.66. The van der Waals surface area contributed by atoms with E-state index < -0.39 is 41.5 Å². The number of esters is 1. The maximum Gasteiger partial charge on any atom is 0.325 e. The molecule has 0 saturated carbocycles. The molecule has 7 rings (SSSR count). The first-order chi connectivity index (χ1) is 19.2. The van der Waals surface area contributed by atoms with Crippen LogP contribution in [0, 0.1) is 17.2 Å². The largest absolute Gasteiger partial charge is 0.454 e. The number of morpholine rings is 1. The van der Waals surface area contributed by atoms with Gasteiger partial charge in [0.2, 0.25) is 5.91 Å². The van der Waals surface area contributed by atoms with E-state index in [2.05, 4.69) is 16.3 Å². The van der Waals surface area contributed by atoms with Gasteiger partial charge >= 0.3 is 5.97 Å². The number of nitriles is 1. The number of carbonyl (C=O) groups excluding carboxylic acids is 2. The molecule has 1 N–H and O–H groups in total. The minimum absolute atomic E-state index is 0.269. The normalized spacial score (nSPS) is 29.3. The summed E-state index contributed by atoms with van der Waals surface area (Å²) in [4.78, 5) is 30.3. The molecule has 1 spiro atoms. The summed E-state index contributed by atoms with van der Waals surface area (Å²) in [7, 11) is 0. The topological polar surface area (TPSA) is 82.4 Å². The number of nitrogens with zero attached hydrogens (tertiary/aromatic N) is 2. The molecule has 4 aromatic rings. The van der Waals surface area contributed by atoms with Gasteiger partial charge in [0.15, 0.2) is 0 Å². The predicted octanol–water partition coefficient (Wildman–Crippen LogP) is 5.48. The Balaban J connectivity index is 1.54. The maximum atomic E-state index is 14.2. The molecule has 190 valence electrons. The van der Waals surface area contributed by atoms with Gasteiger partial charge < -0.3 is 10.1 Å². The number of nitrogens with one attached hydrogen (secondary N) is 1. The molecule has 0 bridgehead atoms. The molecular formula is C33H25N3O3. The Kier molecular flexibility index (Phi) is 5.36. The zero-order valence-electron chi connectivity index (χ0n) is 21.0. The molecule has 0 aliphatic carbocycles. The van der Waals surface area contributed by atoms with E-state index in [1.807, 2.05) is 115 Å². The van der Waals surface area contributed by atoms with Gasteiger partial charge in [-0.3, -0.25) is 14.5 Å². The molecule has 0 radical (unpaired) electrons. The van der Waals surface area contributed by atoms with Gasteiger partial charge in [-0.05, 0) is 28.3 Å². The van der Waals surface area contributed by atoms with Crippen LogP contribution in [0.5, 0.6) is 0 Å². The average Bonchev–Trinajstić information content (AvgIpc) is 3.46. The molecule has 39 heavy (non-hydrogen) atoms. The summed E-state index contributed by atoms with van der Waals surface area (Å²) < 4.78 is 6.23. The lowest BCUT2D eigenvalue weighted by molar-refractivity contribution is -0.176. The van der Waals surface area contributed by atoms with Crippen LogP contribution in [0.3, 0.4) is 0 Å². The third kappa shape index (κ3) is 3.24. The second kappa shape index (κ2) is 8.93. The van der Waals surface area contributed by atoms with E-state index >= 15 is 0 Å². The Labute approximate surface area is 226 Å². The lowest BCUT2D eigenvalue weighted by Crippen LogP contribution is -2.50. The van der Waals surface area contributed by atoms with E-state index in [1.165, 1.54) is 0 Å². The molecule has 3 heterocycles. The van der Waals surface area contributed by atoms with Crippen LogP contribution in [0.4, 0.5) is 5.69 Å². The summed E-state index contributed by atoms with van der Waals surface area (Å²) >= 11 is 0. The maximum absolute atomic E-state index is 14.2. The fourth-order valence-corrected chi connectivity index (χ4v) is 7.01. The van der Waals surface area contributed by atoms with Crippen LogP contribution in [0.1, 0.15) is 40.4 Å². The number of carbonyl (C=O) groups is 2. The number of anilines is 1. The smallest absolute Gasteiger partial charge is 0.325 e. The number of cyclic esters (lactones) is 1. The molecular weight excluding hydrogens is 486 g/mol. The van der Waals surface area contributed by atoms with Crippen molar-refractivity contribution in [3.05, 3.63) is 138 Å². The number of hydrogen-bond donors (Lipinski definition) is 1. The molecule has 0 aromatic heterocycles. The summed E-state index contributed by atoms with van der Waals surface area (Å²) in [5.74, 6) is -1.73.